The molecule has 0 atom stereocenters. The summed E-state index contributed by atoms with van der Waals surface area (Å²) in [5.74, 6) is -7.94. The van der Waals surface area contributed by atoms with Gasteiger partial charge in [0.25, 0.3) is 5.69 Å². The van der Waals surface area contributed by atoms with E-state index < -0.39 is 51.8 Å². The van der Waals surface area contributed by atoms with Crippen molar-refractivity contribution in [2.45, 2.75) is 13.1 Å². The van der Waals surface area contributed by atoms with E-state index in [1.807, 2.05) is 42.5 Å². The summed E-state index contributed by atoms with van der Waals surface area (Å²) < 4.78 is 107. The monoisotopic (exact) mass is 710 g/mol. The van der Waals surface area contributed by atoms with Crippen LogP contribution in [0.3, 0.4) is 0 Å². The maximum Gasteiger partial charge on any atom is 0.417 e. The van der Waals surface area contributed by atoms with E-state index in [-0.39, 0.29) is 39.0 Å². The Hall–Kier alpha value is -6.71. The third-order valence-corrected chi connectivity index (χ3v) is 9.74. The number of allylic oxidation sites excluding steroid dienone is 1. The number of nitrogens with zero attached hydrogens (tertiary/aromatic N) is 2. The van der Waals surface area contributed by atoms with Crippen LogP contribution in [0.25, 0.3) is 70.9 Å². The predicted octanol–water partition coefficient (Wildman–Crippen LogP) is 13.2. The Balaban J connectivity index is 1.49. The second kappa shape index (κ2) is 12.2. The van der Waals surface area contributed by atoms with Crippen molar-refractivity contribution in [1.29, 1.82) is 5.26 Å². The van der Waals surface area contributed by atoms with E-state index in [2.05, 4.69) is 4.85 Å². The molecule has 0 saturated carbocycles. The van der Waals surface area contributed by atoms with Crippen molar-refractivity contribution in [2.24, 2.45) is 0 Å². The molecule has 0 heterocycles. The highest BCUT2D eigenvalue weighted by Gasteiger charge is 2.39. The first-order valence-electron chi connectivity index (χ1n) is 16.2. The van der Waals surface area contributed by atoms with Crippen LogP contribution in [0.1, 0.15) is 27.8 Å². The lowest BCUT2D eigenvalue weighted by Crippen LogP contribution is -2.08. The van der Waals surface area contributed by atoms with Gasteiger partial charge in [-0.2, -0.15) is 18.4 Å². The molecular weight excluding hydrogens is 689 g/mol. The maximum absolute atomic E-state index is 15.7. The summed E-state index contributed by atoms with van der Waals surface area (Å²) in [6.45, 7) is 8.81. The third kappa shape index (κ3) is 5.24. The fraction of sp³-hybridized carbons (Fsp3) is 0.0455. The Morgan fingerprint density at radius 2 is 1.08 bits per heavy atom. The van der Waals surface area contributed by atoms with E-state index in [1.165, 1.54) is 12.1 Å². The smallest absolute Gasteiger partial charge is 0.232 e. The molecule has 7 aromatic carbocycles. The lowest BCUT2D eigenvalue weighted by molar-refractivity contribution is -0.137. The van der Waals surface area contributed by atoms with Gasteiger partial charge >= 0.3 is 6.18 Å². The highest BCUT2D eigenvalue weighted by molar-refractivity contribution is 6.15. The zero-order chi connectivity index (χ0) is 37.3. The van der Waals surface area contributed by atoms with Gasteiger partial charge in [0, 0.05) is 5.57 Å². The van der Waals surface area contributed by atoms with Gasteiger partial charge in [0.2, 0.25) is 0 Å². The van der Waals surface area contributed by atoms with Crippen molar-refractivity contribution >= 4 is 38.4 Å². The third-order valence-electron chi connectivity index (χ3n) is 9.74. The number of benzene rings is 7. The fourth-order valence-corrected chi connectivity index (χ4v) is 7.25. The van der Waals surface area contributed by atoms with Crippen LogP contribution < -0.4 is 0 Å². The van der Waals surface area contributed by atoms with Crippen molar-refractivity contribution in [1.82, 2.24) is 0 Å². The molecule has 0 unspecified atom stereocenters. The lowest BCUT2D eigenvalue weighted by Gasteiger charge is -2.17. The molecule has 0 spiro atoms. The number of nitriles is 1. The van der Waals surface area contributed by atoms with Crippen LogP contribution in [0.15, 0.2) is 109 Å². The van der Waals surface area contributed by atoms with Gasteiger partial charge in [-0.05, 0) is 109 Å². The Kier molecular flexibility index (Phi) is 7.70. The summed E-state index contributed by atoms with van der Waals surface area (Å²) in [6, 6.07) is 32.2. The molecule has 0 amide bonds. The molecular formula is C44H21F7N2. The zero-order valence-electron chi connectivity index (χ0n) is 27.4. The Labute approximate surface area is 298 Å². The molecule has 2 nitrogen and oxygen atoms in total. The fourth-order valence-electron chi connectivity index (χ4n) is 7.25. The molecule has 0 radical (unpaired) electrons. The van der Waals surface area contributed by atoms with Crippen LogP contribution in [-0.4, -0.2) is 0 Å². The van der Waals surface area contributed by atoms with Gasteiger partial charge < -0.3 is 0 Å². The summed E-state index contributed by atoms with van der Waals surface area (Å²) in [7, 11) is 0. The van der Waals surface area contributed by atoms with Gasteiger partial charge in [-0.1, -0.05) is 78.9 Å². The van der Waals surface area contributed by atoms with Crippen molar-refractivity contribution in [3.63, 3.8) is 0 Å². The van der Waals surface area contributed by atoms with Crippen LogP contribution in [-0.2, 0) is 6.18 Å². The van der Waals surface area contributed by atoms with Gasteiger partial charge in [-0.15, -0.1) is 0 Å². The summed E-state index contributed by atoms with van der Waals surface area (Å²) in [5, 5.41) is 13.8. The molecule has 8 rings (SSSR count). The van der Waals surface area contributed by atoms with Gasteiger partial charge in [0.15, 0.2) is 23.3 Å². The first-order valence-corrected chi connectivity index (χ1v) is 16.2. The molecule has 0 saturated heterocycles. The summed E-state index contributed by atoms with van der Waals surface area (Å²) in [6.07, 6.45) is -4.86. The largest absolute Gasteiger partial charge is 0.417 e. The summed E-state index contributed by atoms with van der Waals surface area (Å²) >= 11 is 0. The van der Waals surface area contributed by atoms with Crippen LogP contribution in [0.5, 0.6) is 0 Å². The molecule has 0 N–H and O–H groups in total. The SMILES string of the molecule is [C-]#[N+]c1c(F)c(F)c(/C(C#N)=C2\c3cc(-c4ccc5ccccc5c4)c(C)cc3-c3cc(C(F)(F)F)c(-c4ccc5ccccc5c4)cc32)c(F)c1F. The molecule has 53 heavy (non-hydrogen) atoms. The van der Waals surface area contributed by atoms with Gasteiger partial charge in [0.1, 0.15) is 6.07 Å². The molecule has 0 aliphatic heterocycles. The Morgan fingerprint density at radius 3 is 1.58 bits per heavy atom. The minimum atomic E-state index is -4.86. The number of fused-ring (bicyclic) bond motifs is 5. The molecule has 0 aromatic heterocycles. The van der Waals surface area contributed by atoms with Crippen LogP contribution >= 0.6 is 0 Å². The minimum Gasteiger partial charge on any atom is -0.232 e. The van der Waals surface area contributed by atoms with E-state index in [0.717, 1.165) is 22.2 Å². The number of aryl methyl sites for hydroxylation is 1. The van der Waals surface area contributed by atoms with Crippen molar-refractivity contribution in [3.8, 4) is 39.4 Å². The van der Waals surface area contributed by atoms with Crippen molar-refractivity contribution in [3.05, 3.63) is 172 Å². The predicted molar refractivity (Wildman–Crippen MR) is 192 cm³/mol. The highest BCUT2D eigenvalue weighted by Crippen LogP contribution is 2.53. The second-order valence-electron chi connectivity index (χ2n) is 12.7. The molecule has 1 aliphatic carbocycles. The topological polar surface area (TPSA) is 28.1 Å². The van der Waals surface area contributed by atoms with Crippen LogP contribution in [0, 0.1) is 48.1 Å². The Bertz CT molecular complexity index is 2820. The van der Waals surface area contributed by atoms with Crippen molar-refractivity contribution in [2.75, 3.05) is 0 Å². The first kappa shape index (κ1) is 33.4. The van der Waals surface area contributed by atoms with Gasteiger partial charge in [-0.25, -0.2) is 22.4 Å². The number of halogens is 7. The molecule has 256 valence electrons. The van der Waals surface area contributed by atoms with E-state index in [9.17, 15) is 18.4 Å². The second-order valence-corrected chi connectivity index (χ2v) is 12.7. The van der Waals surface area contributed by atoms with E-state index >= 15 is 17.6 Å². The van der Waals surface area contributed by atoms with E-state index in [4.69, 9.17) is 6.57 Å². The molecule has 1 aliphatic rings. The molecule has 9 heteroatoms. The first-order chi connectivity index (χ1) is 25.4. The van der Waals surface area contributed by atoms with Crippen LogP contribution in [0.2, 0.25) is 0 Å². The number of alkyl halides is 3. The van der Waals surface area contributed by atoms with Gasteiger partial charge in [-0.3, -0.25) is 0 Å². The minimum absolute atomic E-state index is 0.00311. The standard InChI is InChI=1S/C44H21F7N2/c1-22-15-31-32-20-36(44(49,50)51)30(28-14-12-24-8-4-6-10-26(24)17-28)19-34(32)37(35(21-52)38-39(45)41(47)43(53-2)42(48)40(38)46)33(31)18-29(22)27-13-11-23-7-3-5-9-25(23)16-27/h3-20H,1H3/b37-35+. The zero-order valence-corrected chi connectivity index (χ0v) is 27.4. The molecule has 0 fully saturated rings. The normalized spacial score (nSPS) is 13.1. The highest BCUT2D eigenvalue weighted by atomic mass is 19.4. The van der Waals surface area contributed by atoms with E-state index in [1.54, 1.807) is 61.5 Å². The maximum atomic E-state index is 15.7. The number of hydrogen-bond acceptors (Lipinski definition) is 1. The van der Waals surface area contributed by atoms with E-state index in [0.29, 0.717) is 22.1 Å². The van der Waals surface area contributed by atoms with Crippen molar-refractivity contribution < 1.29 is 30.7 Å². The molecule has 0 bridgehead atoms. The summed E-state index contributed by atoms with van der Waals surface area (Å²) in [4.78, 5) is 2.58. The van der Waals surface area contributed by atoms with Crippen LogP contribution in [0.4, 0.5) is 36.4 Å². The number of rotatable bonds is 3. The quantitative estimate of drug-likeness (QED) is 0.0776. The molecule has 7 aromatic rings. The van der Waals surface area contributed by atoms with Gasteiger partial charge in [0.05, 0.1) is 23.3 Å². The average molecular weight is 711 g/mol. The number of hydrogen-bond donors (Lipinski definition) is 0. The average Bonchev–Trinajstić information content (AvgIpc) is 3.46. The Morgan fingerprint density at radius 1 is 0.585 bits per heavy atom. The lowest BCUT2D eigenvalue weighted by atomic mass is 9.88. The summed E-state index contributed by atoms with van der Waals surface area (Å²) in [5.41, 5.74) is -2.76.